The Bertz CT molecular complexity index is 479. The predicted molar refractivity (Wildman–Crippen MR) is 54.4 cm³/mol. The van der Waals surface area contributed by atoms with E-state index in [1.165, 1.54) is 0 Å². The molecule has 0 aromatic heterocycles. The van der Waals surface area contributed by atoms with Crippen LogP contribution in [-0.4, -0.2) is 36.1 Å². The third-order valence-corrected chi connectivity index (χ3v) is 3.19. The molecule has 1 fully saturated rings. The molecule has 1 saturated carbocycles. The molecule has 102 valence electrons. The Hall–Kier alpha value is -1.35. The highest BCUT2D eigenvalue weighted by molar-refractivity contribution is 7.87. The number of alkyl halides is 2. The van der Waals surface area contributed by atoms with Gasteiger partial charge in [0.2, 0.25) is 0 Å². The summed E-state index contributed by atoms with van der Waals surface area (Å²) in [5, 5.41) is -5.11. The van der Waals surface area contributed by atoms with E-state index in [2.05, 4.69) is 11.3 Å². The van der Waals surface area contributed by atoms with Crippen LogP contribution in [0.2, 0.25) is 0 Å². The number of hydrogen-bond donors (Lipinski definition) is 1. The van der Waals surface area contributed by atoms with Crippen LogP contribution in [0.15, 0.2) is 12.2 Å². The minimum Gasteiger partial charge on any atom is -0.444 e. The molecule has 6 nitrogen and oxygen atoms in total. The van der Waals surface area contributed by atoms with Gasteiger partial charge in [0.25, 0.3) is 0 Å². The summed E-state index contributed by atoms with van der Waals surface area (Å²) in [5.41, 5.74) is 0.116. The van der Waals surface area contributed by atoms with E-state index in [0.29, 0.717) is 12.8 Å². The van der Waals surface area contributed by atoms with Crippen LogP contribution in [0, 0.1) is 0 Å². The van der Waals surface area contributed by atoms with Crippen molar-refractivity contribution in [2.24, 2.45) is 0 Å². The monoisotopic (exact) mass is 284 g/mol. The smallest absolute Gasteiger partial charge is 0.444 e. The first-order chi connectivity index (χ1) is 8.07. The van der Waals surface area contributed by atoms with E-state index in [-0.39, 0.29) is 12.0 Å². The molecule has 0 aromatic carbocycles. The van der Waals surface area contributed by atoms with Gasteiger partial charge in [-0.1, -0.05) is 6.58 Å². The van der Waals surface area contributed by atoms with Crippen molar-refractivity contribution in [3.05, 3.63) is 12.2 Å². The average Bonchev–Trinajstić information content (AvgIpc) is 2.21. The van der Waals surface area contributed by atoms with E-state index in [4.69, 9.17) is 4.55 Å². The molecule has 1 atom stereocenters. The van der Waals surface area contributed by atoms with Crippen LogP contribution in [0.4, 0.5) is 8.78 Å². The Kier molecular flexibility index (Phi) is 3.86. The van der Waals surface area contributed by atoms with Gasteiger partial charge < -0.3 is 4.74 Å². The third kappa shape index (κ3) is 2.72. The largest absolute Gasteiger partial charge is 0.465 e. The van der Waals surface area contributed by atoms with Crippen molar-refractivity contribution >= 4 is 21.9 Å². The van der Waals surface area contributed by atoms with Crippen molar-refractivity contribution < 1.29 is 36.1 Å². The number of ether oxygens (including phenoxy) is 1. The van der Waals surface area contributed by atoms with Gasteiger partial charge in [-0.15, -0.1) is 0 Å². The number of ketones is 1. The summed E-state index contributed by atoms with van der Waals surface area (Å²) in [6, 6.07) is 0. The molecule has 0 amide bonds. The second-order valence-corrected chi connectivity index (χ2v) is 5.22. The first-order valence-electron chi connectivity index (χ1n) is 4.83. The maximum absolute atomic E-state index is 12.9. The number of hydrogen-bond acceptors (Lipinski definition) is 5. The fourth-order valence-corrected chi connectivity index (χ4v) is 1.67. The molecular formula is C9H10F2O6S. The van der Waals surface area contributed by atoms with Crippen molar-refractivity contribution in [2.45, 2.75) is 30.6 Å². The van der Waals surface area contributed by atoms with Gasteiger partial charge in [0.1, 0.15) is 0 Å². The topological polar surface area (TPSA) is 97.7 Å². The van der Waals surface area contributed by atoms with Crippen LogP contribution < -0.4 is 0 Å². The van der Waals surface area contributed by atoms with Gasteiger partial charge >= 0.3 is 21.3 Å². The first-order valence-corrected chi connectivity index (χ1v) is 6.27. The molecule has 1 aliphatic rings. The van der Waals surface area contributed by atoms with Gasteiger partial charge in [0.15, 0.2) is 11.9 Å². The predicted octanol–water partition coefficient (Wildman–Crippen LogP) is 0.688. The Morgan fingerprint density at radius 1 is 1.44 bits per heavy atom. The van der Waals surface area contributed by atoms with Crippen molar-refractivity contribution in [1.29, 1.82) is 0 Å². The molecule has 18 heavy (non-hydrogen) atoms. The maximum Gasteiger partial charge on any atom is 0.465 e. The first kappa shape index (κ1) is 14.7. The summed E-state index contributed by atoms with van der Waals surface area (Å²) in [7, 11) is -5.94. The van der Waals surface area contributed by atoms with Crippen LogP contribution in [0.3, 0.4) is 0 Å². The van der Waals surface area contributed by atoms with Crippen molar-refractivity contribution in [1.82, 2.24) is 0 Å². The van der Waals surface area contributed by atoms with Crippen LogP contribution in [0.1, 0.15) is 19.3 Å². The average molecular weight is 284 g/mol. The normalized spacial score (nSPS) is 21.8. The zero-order valence-corrected chi connectivity index (χ0v) is 9.87. The Labute approximate surface area is 101 Å². The molecule has 0 spiro atoms. The number of carbonyl (C=O) groups is 2. The summed E-state index contributed by atoms with van der Waals surface area (Å²) in [6.45, 7) is 3.39. The van der Waals surface area contributed by atoms with Gasteiger partial charge in [-0.3, -0.25) is 9.35 Å². The second-order valence-electron chi connectivity index (χ2n) is 3.76. The highest BCUT2D eigenvalue weighted by atomic mass is 32.2. The van der Waals surface area contributed by atoms with Gasteiger partial charge in [0.05, 0.1) is 0 Å². The van der Waals surface area contributed by atoms with Gasteiger partial charge in [-0.25, -0.2) is 4.79 Å². The lowest BCUT2D eigenvalue weighted by molar-refractivity contribution is -0.168. The molecule has 0 heterocycles. The Morgan fingerprint density at radius 3 is 2.44 bits per heavy atom. The summed E-state index contributed by atoms with van der Waals surface area (Å²) in [4.78, 5) is 22.3. The molecule has 0 radical (unpaired) electrons. The van der Waals surface area contributed by atoms with Crippen LogP contribution in [0.25, 0.3) is 0 Å². The summed E-state index contributed by atoms with van der Waals surface area (Å²) >= 11 is 0. The van der Waals surface area contributed by atoms with Crippen LogP contribution in [0.5, 0.6) is 0 Å². The number of Topliss-reactive ketones (excluding diaryl/α,β-unsaturated/α-hetero) is 1. The lowest BCUT2D eigenvalue weighted by Gasteiger charge is -2.24. The lowest BCUT2D eigenvalue weighted by Crippen LogP contribution is -2.43. The molecule has 1 unspecified atom stereocenters. The van der Waals surface area contributed by atoms with Crippen molar-refractivity contribution in [3.63, 3.8) is 0 Å². The summed E-state index contributed by atoms with van der Waals surface area (Å²) in [5.74, 6) is -3.13. The van der Waals surface area contributed by atoms with E-state index in [1.54, 1.807) is 0 Å². The fraction of sp³-hybridized carbons (Fsp3) is 0.556. The minimum absolute atomic E-state index is 0.0222. The van der Waals surface area contributed by atoms with Gasteiger partial charge in [0, 0.05) is 6.42 Å². The number of esters is 1. The molecule has 1 N–H and O–H groups in total. The zero-order chi connectivity index (χ0) is 14.1. The SMILES string of the molecule is C=C1CCCC(=O)C1OC(=O)C(F)(F)S(=O)(=O)O. The van der Waals surface area contributed by atoms with Crippen molar-refractivity contribution in [2.75, 3.05) is 0 Å². The summed E-state index contributed by atoms with van der Waals surface area (Å²) < 4.78 is 58.7. The molecule has 9 heteroatoms. The number of rotatable bonds is 3. The van der Waals surface area contributed by atoms with Crippen molar-refractivity contribution in [3.8, 4) is 0 Å². The van der Waals surface area contributed by atoms with E-state index >= 15 is 0 Å². The molecule has 0 bridgehead atoms. The number of carbonyl (C=O) groups excluding carboxylic acids is 2. The summed E-state index contributed by atoms with van der Waals surface area (Å²) in [6.07, 6.45) is -0.797. The molecule has 0 saturated heterocycles. The van der Waals surface area contributed by atoms with E-state index in [9.17, 15) is 26.8 Å². The molecule has 0 aromatic rings. The lowest BCUT2D eigenvalue weighted by atomic mass is 9.92. The van der Waals surface area contributed by atoms with E-state index in [0.717, 1.165) is 0 Å². The quantitative estimate of drug-likeness (QED) is 0.465. The minimum atomic E-state index is -5.94. The highest BCUT2D eigenvalue weighted by Gasteiger charge is 2.55. The molecule has 1 aliphatic carbocycles. The van der Waals surface area contributed by atoms with E-state index in [1.807, 2.05) is 0 Å². The fourth-order valence-electron chi connectivity index (χ4n) is 1.41. The number of halogens is 2. The van der Waals surface area contributed by atoms with E-state index < -0.39 is 33.2 Å². The zero-order valence-electron chi connectivity index (χ0n) is 9.06. The highest BCUT2D eigenvalue weighted by Crippen LogP contribution is 2.27. The van der Waals surface area contributed by atoms with Gasteiger partial charge in [-0.2, -0.15) is 17.2 Å². The Morgan fingerprint density at radius 2 is 2.00 bits per heavy atom. The van der Waals surface area contributed by atoms with Crippen LogP contribution in [-0.2, 0) is 24.4 Å². The van der Waals surface area contributed by atoms with Gasteiger partial charge in [-0.05, 0) is 18.4 Å². The molecular weight excluding hydrogens is 274 g/mol. The molecule has 0 aliphatic heterocycles. The third-order valence-electron chi connectivity index (χ3n) is 2.37. The maximum atomic E-state index is 12.9. The standard InChI is InChI=1S/C9H10F2O6S/c1-5-3-2-4-6(12)7(5)17-8(13)9(10,11)18(14,15)16/h7H,1-4H2,(H,14,15,16). The second kappa shape index (κ2) is 4.73. The molecule has 1 rings (SSSR count). The Balaban J connectivity index is 2.88. The van der Waals surface area contributed by atoms with Crippen LogP contribution >= 0.6 is 0 Å².